The fraction of sp³-hybridized carbons (Fsp3) is 0.545. The van der Waals surface area contributed by atoms with E-state index in [1.54, 1.807) is 5.32 Å². The van der Waals surface area contributed by atoms with E-state index in [0.717, 1.165) is 17.4 Å². The van der Waals surface area contributed by atoms with Crippen LogP contribution in [0.3, 0.4) is 0 Å². The molecule has 1 saturated carbocycles. The van der Waals surface area contributed by atoms with E-state index < -0.39 is 30.7 Å². The largest absolute Gasteiger partial charge is 0.405 e. The number of carbonyl (C=O) groups excluding carboxylic acids is 1. The smallest absolute Gasteiger partial charge is 0.345 e. The quantitative estimate of drug-likeness (QED) is 0.884. The van der Waals surface area contributed by atoms with Gasteiger partial charge in [-0.2, -0.15) is 13.2 Å². The van der Waals surface area contributed by atoms with Gasteiger partial charge in [0.05, 0.1) is 12.0 Å². The van der Waals surface area contributed by atoms with Crippen LogP contribution in [-0.2, 0) is 11.3 Å². The molecule has 0 radical (unpaired) electrons. The highest BCUT2D eigenvalue weighted by Crippen LogP contribution is 2.38. The first kappa shape index (κ1) is 13.6. The van der Waals surface area contributed by atoms with Gasteiger partial charge in [0.15, 0.2) is 0 Å². The average molecular weight is 275 g/mol. The molecule has 0 aromatic carbocycles. The minimum absolute atomic E-state index is 0.307. The predicted octanol–water partition coefficient (Wildman–Crippen LogP) is 0.799. The monoisotopic (exact) mass is 275 g/mol. The fourth-order valence-corrected chi connectivity index (χ4v) is 1.57. The van der Waals surface area contributed by atoms with Gasteiger partial charge in [-0.25, -0.2) is 4.98 Å². The molecule has 1 aromatic heterocycles. The summed E-state index contributed by atoms with van der Waals surface area (Å²) in [4.78, 5) is 26.9. The zero-order valence-corrected chi connectivity index (χ0v) is 9.91. The van der Waals surface area contributed by atoms with E-state index in [2.05, 4.69) is 4.98 Å². The van der Waals surface area contributed by atoms with Gasteiger partial charge in [-0.05, 0) is 12.8 Å². The summed E-state index contributed by atoms with van der Waals surface area (Å²) in [7, 11) is 0. The summed E-state index contributed by atoms with van der Waals surface area (Å²) in [5, 5.41) is 1.70. The van der Waals surface area contributed by atoms with Gasteiger partial charge in [-0.3, -0.25) is 14.2 Å². The van der Waals surface area contributed by atoms with Crippen LogP contribution >= 0.6 is 0 Å². The lowest BCUT2D eigenvalue weighted by atomic mass is 10.3. The van der Waals surface area contributed by atoms with E-state index in [-0.39, 0.29) is 0 Å². The molecule has 104 valence electrons. The number of hydrogen-bond acceptors (Lipinski definition) is 3. The van der Waals surface area contributed by atoms with E-state index in [1.807, 2.05) is 0 Å². The van der Waals surface area contributed by atoms with E-state index >= 15 is 0 Å². The van der Waals surface area contributed by atoms with Crippen LogP contribution < -0.4 is 10.9 Å². The molecule has 1 aromatic rings. The molecule has 0 bridgehead atoms. The molecule has 0 saturated heterocycles. The summed E-state index contributed by atoms with van der Waals surface area (Å²) in [5.74, 6) is -0.568. The van der Waals surface area contributed by atoms with Gasteiger partial charge in [0.2, 0.25) is 5.91 Å². The minimum atomic E-state index is -4.46. The van der Waals surface area contributed by atoms with Crippen molar-refractivity contribution < 1.29 is 18.0 Å². The predicted molar refractivity (Wildman–Crippen MR) is 59.5 cm³/mol. The normalized spacial score (nSPS) is 15.3. The summed E-state index contributed by atoms with van der Waals surface area (Å²) in [6, 6.07) is 1.33. The zero-order valence-electron chi connectivity index (χ0n) is 9.91. The van der Waals surface area contributed by atoms with Gasteiger partial charge in [-0.15, -0.1) is 0 Å². The Kier molecular flexibility index (Phi) is 3.59. The second-order valence-corrected chi connectivity index (χ2v) is 4.45. The van der Waals surface area contributed by atoms with Crippen LogP contribution in [0.25, 0.3) is 0 Å². The molecule has 5 nitrogen and oxygen atoms in total. The summed E-state index contributed by atoms with van der Waals surface area (Å²) in [5.41, 5.74) is 0.246. The standard InChI is InChI=1S/C11H12F3N3O2/c12-11(13,14)5-15-9(18)4-17-6-16-8(3-10(17)19)7-1-2-7/h3,6-7H,1-2,4-5H2,(H,15,18). The topological polar surface area (TPSA) is 64.0 Å². The van der Waals surface area contributed by atoms with Crippen molar-refractivity contribution in [1.29, 1.82) is 0 Å². The van der Waals surface area contributed by atoms with E-state index in [9.17, 15) is 22.8 Å². The minimum Gasteiger partial charge on any atom is -0.345 e. The van der Waals surface area contributed by atoms with Crippen molar-refractivity contribution in [2.45, 2.75) is 31.5 Å². The Balaban J connectivity index is 1.95. The van der Waals surface area contributed by atoms with Crippen LogP contribution in [0.15, 0.2) is 17.2 Å². The van der Waals surface area contributed by atoms with Gasteiger partial charge >= 0.3 is 6.18 Å². The zero-order chi connectivity index (χ0) is 14.0. The summed E-state index contributed by atoms with van der Waals surface area (Å²) in [6.07, 6.45) is -1.29. The molecule has 1 heterocycles. The van der Waals surface area contributed by atoms with Crippen LogP contribution in [0.4, 0.5) is 13.2 Å². The number of nitrogens with one attached hydrogen (secondary N) is 1. The second-order valence-electron chi connectivity index (χ2n) is 4.45. The van der Waals surface area contributed by atoms with Crippen LogP contribution in [0.1, 0.15) is 24.5 Å². The number of nitrogens with zero attached hydrogens (tertiary/aromatic N) is 2. The Hall–Kier alpha value is -1.86. The molecule has 0 atom stereocenters. The molecule has 0 spiro atoms. The average Bonchev–Trinajstić information content (AvgIpc) is 3.12. The Labute approximate surface area is 106 Å². The highest BCUT2D eigenvalue weighted by molar-refractivity contribution is 5.75. The van der Waals surface area contributed by atoms with Gasteiger partial charge in [0, 0.05) is 12.0 Å². The lowest BCUT2D eigenvalue weighted by Gasteiger charge is -2.09. The molecule has 0 unspecified atom stereocenters. The fourth-order valence-electron chi connectivity index (χ4n) is 1.57. The first-order valence-electron chi connectivity index (χ1n) is 5.75. The van der Waals surface area contributed by atoms with Crippen molar-refractivity contribution in [1.82, 2.24) is 14.9 Å². The Morgan fingerprint density at radius 2 is 2.16 bits per heavy atom. The number of halogens is 3. The van der Waals surface area contributed by atoms with E-state index in [1.165, 1.54) is 12.4 Å². The first-order valence-corrected chi connectivity index (χ1v) is 5.75. The summed E-state index contributed by atoms with van der Waals surface area (Å²) in [6.45, 7) is -1.87. The number of hydrogen-bond donors (Lipinski definition) is 1. The third kappa shape index (κ3) is 4.08. The van der Waals surface area contributed by atoms with Gasteiger partial charge in [0.1, 0.15) is 13.1 Å². The highest BCUT2D eigenvalue weighted by Gasteiger charge is 2.28. The van der Waals surface area contributed by atoms with Crippen molar-refractivity contribution in [3.63, 3.8) is 0 Å². The SMILES string of the molecule is O=C(Cn1cnc(C2CC2)cc1=O)NCC(F)(F)F. The van der Waals surface area contributed by atoms with Crippen LogP contribution in [0.2, 0.25) is 0 Å². The van der Waals surface area contributed by atoms with Gasteiger partial charge in [0.25, 0.3) is 5.56 Å². The molecule has 1 amide bonds. The van der Waals surface area contributed by atoms with Crippen LogP contribution in [0.5, 0.6) is 0 Å². The van der Waals surface area contributed by atoms with E-state index in [4.69, 9.17) is 0 Å². The Bertz CT molecular complexity index is 535. The molecule has 1 N–H and O–H groups in total. The highest BCUT2D eigenvalue weighted by atomic mass is 19.4. The van der Waals surface area contributed by atoms with Gasteiger partial charge < -0.3 is 5.32 Å². The number of rotatable bonds is 4. The third-order valence-electron chi connectivity index (χ3n) is 2.70. The number of amides is 1. The molecule has 0 aliphatic heterocycles. The van der Waals surface area contributed by atoms with Gasteiger partial charge in [-0.1, -0.05) is 0 Å². The van der Waals surface area contributed by atoms with Crippen LogP contribution in [0, 0.1) is 0 Å². The van der Waals surface area contributed by atoms with Crippen molar-refractivity contribution in [3.8, 4) is 0 Å². The van der Waals surface area contributed by atoms with E-state index in [0.29, 0.717) is 11.6 Å². The number of carbonyl (C=O) groups is 1. The van der Waals surface area contributed by atoms with Crippen LogP contribution in [-0.4, -0.2) is 28.2 Å². The van der Waals surface area contributed by atoms with Crippen molar-refractivity contribution in [2.24, 2.45) is 0 Å². The van der Waals surface area contributed by atoms with Crippen molar-refractivity contribution >= 4 is 5.91 Å². The molecule has 19 heavy (non-hydrogen) atoms. The Morgan fingerprint density at radius 3 is 2.68 bits per heavy atom. The molecular weight excluding hydrogens is 263 g/mol. The summed E-state index contributed by atoms with van der Waals surface area (Å²) < 4.78 is 36.6. The van der Waals surface area contributed by atoms with Crippen molar-refractivity contribution in [2.75, 3.05) is 6.54 Å². The lowest BCUT2D eigenvalue weighted by Crippen LogP contribution is -2.37. The lowest BCUT2D eigenvalue weighted by molar-refractivity contribution is -0.138. The molecule has 8 heteroatoms. The number of alkyl halides is 3. The maximum Gasteiger partial charge on any atom is 0.405 e. The molecule has 1 aliphatic rings. The number of aromatic nitrogens is 2. The molecule has 1 aliphatic carbocycles. The molecule has 1 fully saturated rings. The Morgan fingerprint density at radius 1 is 1.47 bits per heavy atom. The molecular formula is C11H12F3N3O2. The summed E-state index contributed by atoms with van der Waals surface area (Å²) >= 11 is 0. The first-order chi connectivity index (χ1) is 8.85. The maximum absolute atomic E-state index is 11.9. The maximum atomic E-state index is 11.9. The third-order valence-corrected chi connectivity index (χ3v) is 2.70. The molecule has 2 rings (SSSR count). The second kappa shape index (κ2) is 5.02. The van der Waals surface area contributed by atoms with Crippen molar-refractivity contribution in [3.05, 3.63) is 28.4 Å².